The molecule has 1 aliphatic rings. The molecule has 142 valence electrons. The van der Waals surface area contributed by atoms with Crippen molar-refractivity contribution in [2.75, 3.05) is 38.2 Å². The standard InChI is InChI=1S/C20H21ClN2O4/c1-14-11-16(21)5-6-18(14)27-13-19(24)22-17-4-2-3-15(12-17)20(25)23-7-9-26-10-8-23/h2-6,11-12H,7-10,13H2,1H3,(H,22,24). The van der Waals surface area contributed by atoms with Crippen molar-refractivity contribution in [1.82, 2.24) is 4.90 Å². The number of halogens is 1. The first-order valence-corrected chi connectivity index (χ1v) is 9.06. The van der Waals surface area contributed by atoms with Crippen molar-refractivity contribution in [2.24, 2.45) is 0 Å². The summed E-state index contributed by atoms with van der Waals surface area (Å²) in [6, 6.07) is 12.1. The number of nitrogens with one attached hydrogen (secondary N) is 1. The van der Waals surface area contributed by atoms with Gasteiger partial charge in [-0.2, -0.15) is 0 Å². The van der Waals surface area contributed by atoms with Gasteiger partial charge in [-0.15, -0.1) is 0 Å². The van der Waals surface area contributed by atoms with Crippen molar-refractivity contribution in [3.63, 3.8) is 0 Å². The van der Waals surface area contributed by atoms with Crippen LogP contribution >= 0.6 is 11.6 Å². The molecule has 0 saturated carbocycles. The molecule has 0 aromatic heterocycles. The molecule has 0 radical (unpaired) electrons. The highest BCUT2D eigenvalue weighted by Gasteiger charge is 2.18. The molecule has 1 heterocycles. The first-order chi connectivity index (χ1) is 13.0. The Labute approximate surface area is 163 Å². The molecule has 0 aliphatic carbocycles. The summed E-state index contributed by atoms with van der Waals surface area (Å²) in [4.78, 5) is 26.5. The van der Waals surface area contributed by atoms with Gasteiger partial charge in [0.05, 0.1) is 13.2 Å². The number of anilines is 1. The van der Waals surface area contributed by atoms with Crippen LogP contribution in [0.3, 0.4) is 0 Å². The van der Waals surface area contributed by atoms with Gasteiger partial charge in [0, 0.05) is 29.4 Å². The van der Waals surface area contributed by atoms with Crippen LogP contribution in [0.4, 0.5) is 5.69 Å². The highest BCUT2D eigenvalue weighted by Crippen LogP contribution is 2.22. The molecule has 3 rings (SSSR count). The maximum atomic E-state index is 12.5. The first kappa shape index (κ1) is 19.2. The van der Waals surface area contributed by atoms with Crippen LogP contribution in [0, 0.1) is 6.92 Å². The molecule has 0 spiro atoms. The van der Waals surface area contributed by atoms with Crippen molar-refractivity contribution in [2.45, 2.75) is 6.92 Å². The third-order valence-electron chi connectivity index (χ3n) is 4.19. The predicted octanol–water partition coefficient (Wildman–Crippen LogP) is 3.14. The zero-order chi connectivity index (χ0) is 19.2. The summed E-state index contributed by atoms with van der Waals surface area (Å²) in [6.45, 7) is 3.96. The van der Waals surface area contributed by atoms with Gasteiger partial charge in [-0.25, -0.2) is 0 Å². The third-order valence-corrected chi connectivity index (χ3v) is 4.42. The Kier molecular flexibility index (Phi) is 6.32. The van der Waals surface area contributed by atoms with Crippen LogP contribution in [0.5, 0.6) is 5.75 Å². The lowest BCUT2D eigenvalue weighted by molar-refractivity contribution is -0.118. The van der Waals surface area contributed by atoms with Gasteiger partial charge in [-0.05, 0) is 48.9 Å². The van der Waals surface area contributed by atoms with Gasteiger partial charge in [0.1, 0.15) is 5.75 Å². The molecule has 2 aromatic carbocycles. The van der Waals surface area contributed by atoms with Crippen LogP contribution in [-0.2, 0) is 9.53 Å². The van der Waals surface area contributed by atoms with Crippen molar-refractivity contribution in [3.8, 4) is 5.75 Å². The highest BCUT2D eigenvalue weighted by molar-refractivity contribution is 6.30. The molecule has 1 aliphatic heterocycles. The molecule has 7 heteroatoms. The van der Waals surface area contributed by atoms with Crippen molar-refractivity contribution in [1.29, 1.82) is 0 Å². The molecule has 0 atom stereocenters. The Morgan fingerprint density at radius 1 is 1.19 bits per heavy atom. The van der Waals surface area contributed by atoms with Gasteiger partial charge in [-0.3, -0.25) is 9.59 Å². The zero-order valence-electron chi connectivity index (χ0n) is 15.0. The van der Waals surface area contributed by atoms with Gasteiger partial charge in [0.25, 0.3) is 11.8 Å². The van der Waals surface area contributed by atoms with E-state index in [2.05, 4.69) is 5.32 Å². The fraction of sp³-hybridized carbons (Fsp3) is 0.300. The third kappa shape index (κ3) is 5.21. The fourth-order valence-electron chi connectivity index (χ4n) is 2.79. The average molecular weight is 389 g/mol. The van der Waals surface area contributed by atoms with Crippen LogP contribution in [-0.4, -0.2) is 49.6 Å². The van der Waals surface area contributed by atoms with Gasteiger partial charge in [0.2, 0.25) is 0 Å². The largest absolute Gasteiger partial charge is 0.483 e. The lowest BCUT2D eigenvalue weighted by Crippen LogP contribution is -2.40. The van der Waals surface area contributed by atoms with E-state index in [0.29, 0.717) is 48.3 Å². The highest BCUT2D eigenvalue weighted by atomic mass is 35.5. The molecule has 1 fully saturated rings. The van der Waals surface area contributed by atoms with E-state index in [4.69, 9.17) is 21.1 Å². The minimum atomic E-state index is -0.305. The number of carbonyl (C=O) groups is 2. The Bertz CT molecular complexity index is 834. The lowest BCUT2D eigenvalue weighted by atomic mass is 10.1. The van der Waals surface area contributed by atoms with E-state index in [1.807, 2.05) is 6.92 Å². The summed E-state index contributed by atoms with van der Waals surface area (Å²) in [6.07, 6.45) is 0. The Morgan fingerprint density at radius 3 is 2.70 bits per heavy atom. The van der Waals surface area contributed by atoms with Crippen LogP contribution in [0.1, 0.15) is 15.9 Å². The zero-order valence-corrected chi connectivity index (χ0v) is 15.8. The summed E-state index contributed by atoms with van der Waals surface area (Å²) in [5, 5.41) is 3.37. The molecule has 2 aromatic rings. The topological polar surface area (TPSA) is 67.9 Å². The average Bonchev–Trinajstić information content (AvgIpc) is 2.67. The van der Waals surface area contributed by atoms with Crippen LogP contribution in [0.15, 0.2) is 42.5 Å². The van der Waals surface area contributed by atoms with E-state index in [1.165, 1.54) is 0 Å². The molecular weight excluding hydrogens is 368 g/mol. The summed E-state index contributed by atoms with van der Waals surface area (Å²) in [5.74, 6) is 0.230. The number of nitrogens with zero attached hydrogens (tertiary/aromatic N) is 1. The van der Waals surface area contributed by atoms with Crippen molar-refractivity contribution >= 4 is 29.1 Å². The van der Waals surface area contributed by atoms with Gasteiger partial charge < -0.3 is 19.7 Å². The number of amides is 2. The number of aryl methyl sites for hydroxylation is 1. The van der Waals surface area contributed by atoms with Crippen molar-refractivity contribution < 1.29 is 19.1 Å². The van der Waals surface area contributed by atoms with E-state index in [1.54, 1.807) is 47.4 Å². The van der Waals surface area contributed by atoms with Crippen LogP contribution < -0.4 is 10.1 Å². The first-order valence-electron chi connectivity index (χ1n) is 8.69. The maximum Gasteiger partial charge on any atom is 0.262 e. The Hall–Kier alpha value is -2.57. The number of benzene rings is 2. The number of morpholine rings is 1. The molecule has 6 nitrogen and oxygen atoms in total. The fourth-order valence-corrected chi connectivity index (χ4v) is 3.02. The number of hydrogen-bond donors (Lipinski definition) is 1. The predicted molar refractivity (Wildman–Crippen MR) is 103 cm³/mol. The van der Waals surface area contributed by atoms with E-state index in [-0.39, 0.29) is 18.4 Å². The van der Waals surface area contributed by atoms with E-state index in [9.17, 15) is 9.59 Å². The second-order valence-electron chi connectivity index (χ2n) is 6.23. The summed E-state index contributed by atoms with van der Waals surface area (Å²) in [7, 11) is 0. The molecule has 27 heavy (non-hydrogen) atoms. The molecule has 0 unspecified atom stereocenters. The minimum absolute atomic E-state index is 0.0672. The summed E-state index contributed by atoms with van der Waals surface area (Å²) >= 11 is 5.91. The second-order valence-corrected chi connectivity index (χ2v) is 6.67. The molecule has 1 N–H and O–H groups in total. The van der Waals surface area contributed by atoms with Crippen molar-refractivity contribution in [3.05, 3.63) is 58.6 Å². The van der Waals surface area contributed by atoms with E-state index >= 15 is 0 Å². The molecular formula is C20H21ClN2O4. The quantitative estimate of drug-likeness (QED) is 0.854. The maximum absolute atomic E-state index is 12.5. The monoisotopic (exact) mass is 388 g/mol. The molecule has 0 bridgehead atoms. The normalized spacial score (nSPS) is 13.9. The SMILES string of the molecule is Cc1cc(Cl)ccc1OCC(=O)Nc1cccc(C(=O)N2CCOCC2)c1. The van der Waals surface area contributed by atoms with Crippen LogP contribution in [0.25, 0.3) is 0 Å². The van der Waals surface area contributed by atoms with Gasteiger partial charge in [0.15, 0.2) is 6.61 Å². The van der Waals surface area contributed by atoms with Gasteiger partial charge >= 0.3 is 0 Å². The summed E-state index contributed by atoms with van der Waals surface area (Å²) in [5.41, 5.74) is 1.94. The molecule has 1 saturated heterocycles. The second kappa shape index (κ2) is 8.88. The lowest BCUT2D eigenvalue weighted by Gasteiger charge is -2.27. The van der Waals surface area contributed by atoms with Crippen LogP contribution in [0.2, 0.25) is 5.02 Å². The number of rotatable bonds is 5. The summed E-state index contributed by atoms with van der Waals surface area (Å²) < 4.78 is 10.8. The number of hydrogen-bond acceptors (Lipinski definition) is 4. The number of carbonyl (C=O) groups excluding carboxylic acids is 2. The Morgan fingerprint density at radius 2 is 1.96 bits per heavy atom. The van der Waals surface area contributed by atoms with Gasteiger partial charge in [-0.1, -0.05) is 17.7 Å². The van der Waals surface area contributed by atoms with E-state index < -0.39 is 0 Å². The smallest absolute Gasteiger partial charge is 0.262 e. The Balaban J connectivity index is 1.58. The van der Waals surface area contributed by atoms with E-state index in [0.717, 1.165) is 5.56 Å². The minimum Gasteiger partial charge on any atom is -0.483 e. The molecule has 2 amide bonds. The number of ether oxygens (including phenoxy) is 2.